The fourth-order valence-corrected chi connectivity index (χ4v) is 1.86. The van der Waals surface area contributed by atoms with E-state index in [1.807, 2.05) is 4.98 Å². The number of hydrogen-bond acceptors (Lipinski definition) is 3. The van der Waals surface area contributed by atoms with Crippen molar-refractivity contribution in [1.29, 1.82) is 0 Å². The van der Waals surface area contributed by atoms with Gasteiger partial charge in [-0.15, -0.1) is 0 Å². The molecule has 0 fully saturated rings. The van der Waals surface area contributed by atoms with Crippen LogP contribution in [0.5, 0.6) is 0 Å². The highest BCUT2D eigenvalue weighted by Gasteiger charge is 2.09. The molecule has 1 aromatic heterocycles. The maximum absolute atomic E-state index is 11.8. The number of benzene rings is 1. The van der Waals surface area contributed by atoms with Crippen LogP contribution >= 0.6 is 27.5 Å². The van der Waals surface area contributed by atoms with Crippen molar-refractivity contribution in [2.75, 3.05) is 5.32 Å². The number of nitrogens with one attached hydrogen (secondary N) is 3. The van der Waals surface area contributed by atoms with Crippen LogP contribution in [0.25, 0.3) is 0 Å². The molecule has 0 saturated carbocycles. The van der Waals surface area contributed by atoms with Gasteiger partial charge in [0.05, 0.1) is 5.02 Å². The summed E-state index contributed by atoms with van der Waals surface area (Å²) in [6.45, 7) is 0. The van der Waals surface area contributed by atoms with Crippen LogP contribution in [0.1, 0.15) is 10.5 Å². The molecule has 0 aliphatic carbocycles. The van der Waals surface area contributed by atoms with E-state index in [4.69, 9.17) is 11.6 Å². The molecule has 0 unspecified atom stereocenters. The Hall–Kier alpha value is -1.86. The Morgan fingerprint density at radius 3 is 2.58 bits per heavy atom. The van der Waals surface area contributed by atoms with E-state index >= 15 is 0 Å². The van der Waals surface area contributed by atoms with Crippen molar-refractivity contribution in [1.82, 2.24) is 9.97 Å². The molecule has 98 valence electrons. The molecule has 1 amide bonds. The van der Waals surface area contributed by atoms with Crippen molar-refractivity contribution in [3.63, 3.8) is 0 Å². The molecule has 2 aromatic rings. The first kappa shape index (κ1) is 13.6. The minimum absolute atomic E-state index is 0.125. The zero-order valence-electron chi connectivity index (χ0n) is 9.29. The number of aromatic amines is 2. The van der Waals surface area contributed by atoms with E-state index in [2.05, 4.69) is 26.2 Å². The topological polar surface area (TPSA) is 94.8 Å². The number of H-pyrrole nitrogens is 2. The van der Waals surface area contributed by atoms with Gasteiger partial charge >= 0.3 is 5.69 Å². The highest BCUT2D eigenvalue weighted by molar-refractivity contribution is 9.10. The Morgan fingerprint density at radius 2 is 1.95 bits per heavy atom. The molecule has 6 nitrogen and oxygen atoms in total. The van der Waals surface area contributed by atoms with Crippen LogP contribution in [0.2, 0.25) is 5.02 Å². The zero-order chi connectivity index (χ0) is 14.0. The van der Waals surface area contributed by atoms with Gasteiger partial charge < -0.3 is 10.3 Å². The molecule has 0 aliphatic rings. The normalized spacial score (nSPS) is 10.2. The summed E-state index contributed by atoms with van der Waals surface area (Å²) in [4.78, 5) is 38.2. The van der Waals surface area contributed by atoms with Crippen molar-refractivity contribution in [2.45, 2.75) is 0 Å². The summed E-state index contributed by atoms with van der Waals surface area (Å²) in [5.41, 5.74) is -1.04. The van der Waals surface area contributed by atoms with Gasteiger partial charge in [-0.1, -0.05) is 11.6 Å². The van der Waals surface area contributed by atoms with Crippen molar-refractivity contribution in [2.24, 2.45) is 0 Å². The number of hydrogen-bond donors (Lipinski definition) is 3. The third kappa shape index (κ3) is 3.33. The van der Waals surface area contributed by atoms with Gasteiger partial charge in [0.25, 0.3) is 11.5 Å². The number of amides is 1. The molecular formula is C11H7BrClN3O3. The third-order valence-corrected chi connectivity index (χ3v) is 3.40. The number of aromatic nitrogens is 2. The van der Waals surface area contributed by atoms with Crippen molar-refractivity contribution < 1.29 is 4.79 Å². The van der Waals surface area contributed by atoms with E-state index in [9.17, 15) is 14.4 Å². The Labute approximate surface area is 119 Å². The summed E-state index contributed by atoms with van der Waals surface area (Å²) >= 11 is 9.04. The van der Waals surface area contributed by atoms with Gasteiger partial charge in [0.2, 0.25) is 0 Å². The summed E-state index contributed by atoms with van der Waals surface area (Å²) < 4.78 is 0.617. The molecule has 0 spiro atoms. The minimum atomic E-state index is -0.741. The lowest BCUT2D eigenvalue weighted by atomic mass is 10.3. The standard InChI is InChI=1S/C11H7BrClN3O3/c12-6-3-5(1-2-7(6)13)14-10(18)8-4-9(17)16-11(19)15-8/h1-4H,(H,14,18)(H2,15,16,17,19). The summed E-state index contributed by atoms with van der Waals surface area (Å²) in [6, 6.07) is 5.80. The largest absolute Gasteiger partial charge is 0.326 e. The molecule has 8 heteroatoms. The Bertz CT molecular complexity index is 725. The highest BCUT2D eigenvalue weighted by Crippen LogP contribution is 2.25. The Balaban J connectivity index is 2.27. The molecule has 2 rings (SSSR count). The van der Waals surface area contributed by atoms with E-state index < -0.39 is 17.2 Å². The number of carbonyl (C=O) groups excluding carboxylic acids is 1. The predicted octanol–water partition coefficient (Wildman–Crippen LogP) is 1.73. The quantitative estimate of drug-likeness (QED) is 0.774. The molecular weight excluding hydrogens is 337 g/mol. The monoisotopic (exact) mass is 343 g/mol. The molecule has 1 heterocycles. The molecule has 3 N–H and O–H groups in total. The summed E-state index contributed by atoms with van der Waals surface area (Å²) in [5, 5.41) is 3.03. The summed E-state index contributed by atoms with van der Waals surface area (Å²) in [7, 11) is 0. The lowest BCUT2D eigenvalue weighted by molar-refractivity contribution is 0.102. The first-order chi connectivity index (χ1) is 8.95. The van der Waals surface area contributed by atoms with Crippen molar-refractivity contribution >= 4 is 39.1 Å². The maximum Gasteiger partial charge on any atom is 0.326 e. The fraction of sp³-hybridized carbons (Fsp3) is 0. The van der Waals surface area contributed by atoms with Gasteiger partial charge in [-0.05, 0) is 34.1 Å². The summed E-state index contributed by atoms with van der Waals surface area (Å²) in [6.07, 6.45) is 0. The molecule has 0 radical (unpaired) electrons. The van der Waals surface area contributed by atoms with E-state index in [0.717, 1.165) is 6.07 Å². The predicted molar refractivity (Wildman–Crippen MR) is 74.8 cm³/mol. The molecule has 0 bridgehead atoms. The van der Waals surface area contributed by atoms with E-state index in [1.54, 1.807) is 18.2 Å². The molecule has 0 atom stereocenters. The maximum atomic E-state index is 11.8. The molecule has 0 saturated heterocycles. The van der Waals surface area contributed by atoms with Gasteiger partial charge in [0.15, 0.2) is 0 Å². The Morgan fingerprint density at radius 1 is 1.21 bits per heavy atom. The van der Waals surface area contributed by atoms with Crippen LogP contribution < -0.4 is 16.6 Å². The van der Waals surface area contributed by atoms with E-state index in [1.165, 1.54) is 0 Å². The fourth-order valence-electron chi connectivity index (χ4n) is 1.36. The smallest absolute Gasteiger partial charge is 0.321 e. The second-order valence-corrected chi connectivity index (χ2v) is 4.85. The summed E-state index contributed by atoms with van der Waals surface area (Å²) in [5.74, 6) is -0.600. The zero-order valence-corrected chi connectivity index (χ0v) is 11.6. The minimum Gasteiger partial charge on any atom is -0.321 e. The van der Waals surface area contributed by atoms with Gasteiger partial charge in [-0.3, -0.25) is 14.6 Å². The van der Waals surface area contributed by atoms with Gasteiger partial charge in [-0.25, -0.2) is 4.79 Å². The number of anilines is 1. The van der Waals surface area contributed by atoms with E-state index in [0.29, 0.717) is 15.2 Å². The number of carbonyl (C=O) groups is 1. The average molecular weight is 345 g/mol. The van der Waals surface area contributed by atoms with Crippen LogP contribution in [-0.2, 0) is 0 Å². The molecule has 1 aromatic carbocycles. The van der Waals surface area contributed by atoms with Gasteiger partial charge in [-0.2, -0.15) is 0 Å². The highest BCUT2D eigenvalue weighted by atomic mass is 79.9. The van der Waals surface area contributed by atoms with Gasteiger partial charge in [0, 0.05) is 16.2 Å². The molecule has 19 heavy (non-hydrogen) atoms. The van der Waals surface area contributed by atoms with Crippen molar-refractivity contribution in [3.05, 3.63) is 60.3 Å². The van der Waals surface area contributed by atoms with Crippen LogP contribution in [0, 0.1) is 0 Å². The molecule has 0 aliphatic heterocycles. The van der Waals surface area contributed by atoms with Crippen LogP contribution in [0.4, 0.5) is 5.69 Å². The second kappa shape index (κ2) is 5.41. The van der Waals surface area contributed by atoms with E-state index in [-0.39, 0.29) is 5.69 Å². The first-order valence-corrected chi connectivity index (χ1v) is 6.23. The van der Waals surface area contributed by atoms with Gasteiger partial charge in [0.1, 0.15) is 5.69 Å². The SMILES string of the molecule is O=C(Nc1ccc(Cl)c(Br)c1)c1cc(=O)[nH]c(=O)[nH]1. The number of rotatable bonds is 2. The lowest BCUT2D eigenvalue weighted by Gasteiger charge is -2.05. The lowest BCUT2D eigenvalue weighted by Crippen LogP contribution is -2.27. The Kier molecular flexibility index (Phi) is 3.87. The third-order valence-electron chi connectivity index (χ3n) is 2.18. The first-order valence-electron chi connectivity index (χ1n) is 5.06. The van der Waals surface area contributed by atoms with Crippen molar-refractivity contribution in [3.8, 4) is 0 Å². The van der Waals surface area contributed by atoms with Crippen LogP contribution in [-0.4, -0.2) is 15.9 Å². The average Bonchev–Trinajstić information content (AvgIpc) is 2.32. The van der Waals surface area contributed by atoms with Crippen LogP contribution in [0.3, 0.4) is 0 Å². The number of halogens is 2. The second-order valence-electron chi connectivity index (χ2n) is 3.58. The van der Waals surface area contributed by atoms with Crippen LogP contribution in [0.15, 0.2) is 38.3 Å².